The number of allylic oxidation sites excluding steroid dienone is 2. The van der Waals surface area contributed by atoms with Gasteiger partial charge in [0.2, 0.25) is 0 Å². The highest BCUT2D eigenvalue weighted by Gasteiger charge is 2.40. The molecule has 0 fully saturated rings. The largest absolute Gasteiger partial charge is 0.295 e. The van der Waals surface area contributed by atoms with Crippen LogP contribution in [0.3, 0.4) is 0 Å². The van der Waals surface area contributed by atoms with Gasteiger partial charge in [0.05, 0.1) is 0 Å². The van der Waals surface area contributed by atoms with E-state index in [1.807, 2.05) is 0 Å². The first-order chi connectivity index (χ1) is 6.82. The molecule has 84 valence electrons. The molecule has 0 spiro atoms. The predicted molar refractivity (Wildman–Crippen MR) is 62.7 cm³/mol. The van der Waals surface area contributed by atoms with Gasteiger partial charge in [0.25, 0.3) is 0 Å². The Balaban J connectivity index is 2.44. The number of carbonyl (C=O) groups is 1. The zero-order valence-corrected chi connectivity index (χ0v) is 10.4. The van der Waals surface area contributed by atoms with Crippen LogP contribution in [0.5, 0.6) is 0 Å². The molecule has 2 rings (SSSR count). The first kappa shape index (κ1) is 10.9. The van der Waals surface area contributed by atoms with E-state index < -0.39 is 0 Å². The van der Waals surface area contributed by atoms with E-state index in [0.717, 1.165) is 19.3 Å². The van der Waals surface area contributed by atoms with Crippen LogP contribution < -0.4 is 0 Å². The van der Waals surface area contributed by atoms with E-state index >= 15 is 0 Å². The summed E-state index contributed by atoms with van der Waals surface area (Å²) < 4.78 is 0. The summed E-state index contributed by atoms with van der Waals surface area (Å²) in [5.41, 5.74) is 2.99. The van der Waals surface area contributed by atoms with E-state index in [4.69, 9.17) is 0 Å². The lowest BCUT2D eigenvalue weighted by atomic mass is 9.62. The molecule has 0 atom stereocenters. The molecule has 1 heteroatoms. The second-order valence-electron chi connectivity index (χ2n) is 6.66. The molecule has 0 heterocycles. The first-order valence-electron chi connectivity index (χ1n) is 6.08. The van der Waals surface area contributed by atoms with Crippen LogP contribution in [0.2, 0.25) is 0 Å². The van der Waals surface area contributed by atoms with Crippen LogP contribution in [0.25, 0.3) is 0 Å². The van der Waals surface area contributed by atoms with Crippen molar-refractivity contribution in [3.63, 3.8) is 0 Å². The number of rotatable bonds is 0. The molecule has 0 unspecified atom stereocenters. The topological polar surface area (TPSA) is 17.1 Å². The smallest absolute Gasteiger partial charge is 0.159 e. The van der Waals surface area contributed by atoms with Gasteiger partial charge in [0.1, 0.15) is 0 Å². The summed E-state index contributed by atoms with van der Waals surface area (Å²) in [4.78, 5) is 12.2. The number of ketones is 1. The van der Waals surface area contributed by atoms with Crippen LogP contribution in [-0.4, -0.2) is 5.78 Å². The zero-order chi connectivity index (χ0) is 11.3. The highest BCUT2D eigenvalue weighted by molar-refractivity contribution is 5.98. The van der Waals surface area contributed by atoms with Crippen molar-refractivity contribution in [3.8, 4) is 0 Å². The van der Waals surface area contributed by atoms with Crippen molar-refractivity contribution in [2.45, 2.75) is 59.8 Å². The molecule has 0 saturated heterocycles. The zero-order valence-electron chi connectivity index (χ0n) is 10.4. The summed E-state index contributed by atoms with van der Waals surface area (Å²) in [6, 6.07) is 0. The standard InChI is InChI=1S/C14H22O/c1-13(2)8-10-6-5-7-14(3,4)12(10)11(15)9-13/h5-9H2,1-4H3. The summed E-state index contributed by atoms with van der Waals surface area (Å²) >= 11 is 0. The minimum Gasteiger partial charge on any atom is -0.295 e. The fraction of sp³-hybridized carbons (Fsp3) is 0.786. The third kappa shape index (κ3) is 1.89. The SMILES string of the molecule is CC1(C)CC(=O)C2=C(CCCC2(C)C)C1. The van der Waals surface area contributed by atoms with Gasteiger partial charge in [-0.1, -0.05) is 33.3 Å². The van der Waals surface area contributed by atoms with Crippen molar-refractivity contribution in [2.75, 3.05) is 0 Å². The molecule has 0 aromatic rings. The van der Waals surface area contributed by atoms with Crippen LogP contribution >= 0.6 is 0 Å². The number of Topliss-reactive ketones (excluding diaryl/α,β-unsaturated/α-hetero) is 1. The molecule has 0 aromatic heterocycles. The Morgan fingerprint density at radius 2 is 1.73 bits per heavy atom. The van der Waals surface area contributed by atoms with Crippen molar-refractivity contribution in [1.82, 2.24) is 0 Å². The molecule has 0 N–H and O–H groups in total. The number of hydrogen-bond acceptors (Lipinski definition) is 1. The third-order valence-corrected chi connectivity index (χ3v) is 3.92. The second-order valence-corrected chi connectivity index (χ2v) is 6.66. The van der Waals surface area contributed by atoms with Crippen molar-refractivity contribution in [1.29, 1.82) is 0 Å². The lowest BCUT2D eigenvalue weighted by Gasteiger charge is -2.41. The Kier molecular flexibility index (Phi) is 2.33. The fourth-order valence-electron chi connectivity index (χ4n) is 3.39. The van der Waals surface area contributed by atoms with Gasteiger partial charge in [0, 0.05) is 6.42 Å². The molecular weight excluding hydrogens is 184 g/mol. The normalized spacial score (nSPS) is 28.9. The Labute approximate surface area is 92.9 Å². The number of hydrogen-bond donors (Lipinski definition) is 0. The van der Waals surface area contributed by atoms with Crippen LogP contribution in [0, 0.1) is 10.8 Å². The highest BCUT2D eigenvalue weighted by Crippen LogP contribution is 2.49. The molecule has 2 aliphatic carbocycles. The van der Waals surface area contributed by atoms with E-state index in [2.05, 4.69) is 27.7 Å². The van der Waals surface area contributed by atoms with Gasteiger partial charge in [-0.2, -0.15) is 0 Å². The van der Waals surface area contributed by atoms with Crippen molar-refractivity contribution in [3.05, 3.63) is 11.1 Å². The van der Waals surface area contributed by atoms with Crippen LogP contribution in [-0.2, 0) is 4.79 Å². The van der Waals surface area contributed by atoms with Crippen LogP contribution in [0.15, 0.2) is 11.1 Å². The van der Waals surface area contributed by atoms with Crippen molar-refractivity contribution >= 4 is 5.78 Å². The summed E-state index contributed by atoms with van der Waals surface area (Å²) in [7, 11) is 0. The molecule has 1 nitrogen and oxygen atoms in total. The maximum atomic E-state index is 12.2. The second kappa shape index (κ2) is 3.20. The summed E-state index contributed by atoms with van der Waals surface area (Å²) in [6.07, 6.45) is 5.48. The molecule has 0 aromatic carbocycles. The number of carbonyl (C=O) groups excluding carboxylic acids is 1. The van der Waals surface area contributed by atoms with Gasteiger partial charge in [0.15, 0.2) is 5.78 Å². The molecule has 0 aliphatic heterocycles. The van der Waals surface area contributed by atoms with E-state index in [9.17, 15) is 4.79 Å². The molecule has 0 radical (unpaired) electrons. The Morgan fingerprint density at radius 3 is 2.40 bits per heavy atom. The van der Waals surface area contributed by atoms with E-state index in [1.165, 1.54) is 24.0 Å². The van der Waals surface area contributed by atoms with Crippen LogP contribution in [0.4, 0.5) is 0 Å². The Hall–Kier alpha value is -0.590. The first-order valence-corrected chi connectivity index (χ1v) is 6.08. The lowest BCUT2D eigenvalue weighted by molar-refractivity contribution is -0.119. The molecule has 0 bridgehead atoms. The van der Waals surface area contributed by atoms with Crippen molar-refractivity contribution < 1.29 is 4.79 Å². The minimum absolute atomic E-state index is 0.140. The van der Waals surface area contributed by atoms with E-state index in [1.54, 1.807) is 0 Å². The fourth-order valence-corrected chi connectivity index (χ4v) is 3.39. The molecule has 15 heavy (non-hydrogen) atoms. The maximum absolute atomic E-state index is 12.2. The molecule has 0 saturated carbocycles. The van der Waals surface area contributed by atoms with Gasteiger partial charge < -0.3 is 0 Å². The summed E-state index contributed by atoms with van der Waals surface area (Å²) in [5, 5.41) is 0. The molecule has 2 aliphatic rings. The van der Waals surface area contributed by atoms with Gasteiger partial charge in [-0.05, 0) is 42.1 Å². The predicted octanol–water partition coefficient (Wildman–Crippen LogP) is 3.88. The van der Waals surface area contributed by atoms with E-state index in [0.29, 0.717) is 5.78 Å². The maximum Gasteiger partial charge on any atom is 0.159 e. The van der Waals surface area contributed by atoms with Gasteiger partial charge in [-0.25, -0.2) is 0 Å². The highest BCUT2D eigenvalue weighted by atomic mass is 16.1. The van der Waals surface area contributed by atoms with Crippen LogP contribution in [0.1, 0.15) is 59.8 Å². The van der Waals surface area contributed by atoms with Gasteiger partial charge in [-0.3, -0.25) is 4.79 Å². The summed E-state index contributed by atoms with van der Waals surface area (Å²) in [5.74, 6) is 0.422. The average molecular weight is 206 g/mol. The monoisotopic (exact) mass is 206 g/mol. The van der Waals surface area contributed by atoms with Gasteiger partial charge >= 0.3 is 0 Å². The lowest BCUT2D eigenvalue weighted by Crippen LogP contribution is -2.34. The van der Waals surface area contributed by atoms with E-state index in [-0.39, 0.29) is 10.8 Å². The van der Waals surface area contributed by atoms with Crippen molar-refractivity contribution in [2.24, 2.45) is 10.8 Å². The minimum atomic E-state index is 0.140. The Morgan fingerprint density at radius 1 is 1.07 bits per heavy atom. The average Bonchev–Trinajstić information content (AvgIpc) is 1.97. The summed E-state index contributed by atoms with van der Waals surface area (Å²) in [6.45, 7) is 8.90. The van der Waals surface area contributed by atoms with Gasteiger partial charge in [-0.15, -0.1) is 0 Å². The molecular formula is C14H22O. The third-order valence-electron chi connectivity index (χ3n) is 3.92. The Bertz CT molecular complexity index is 331. The quantitative estimate of drug-likeness (QED) is 0.588. The molecule has 0 amide bonds.